The van der Waals surface area contributed by atoms with Gasteiger partial charge in [-0.25, -0.2) is 0 Å². The average molecular weight is 470 g/mol. The number of hydrogen-bond acceptors (Lipinski definition) is 4. The van der Waals surface area contributed by atoms with Gasteiger partial charge in [0.1, 0.15) is 0 Å². The number of piperidine rings is 1. The van der Waals surface area contributed by atoms with Crippen LogP contribution < -0.4 is 0 Å². The third-order valence-corrected chi connectivity index (χ3v) is 7.74. The van der Waals surface area contributed by atoms with Gasteiger partial charge >= 0.3 is 0 Å². The fourth-order valence-corrected chi connectivity index (χ4v) is 5.76. The molecule has 2 aromatic rings. The maximum Gasteiger partial charge on any atom is 0.157 e. The Morgan fingerprint density at radius 3 is 1.97 bits per heavy atom. The maximum atomic E-state index is 12.3. The summed E-state index contributed by atoms with van der Waals surface area (Å²) in [5, 5.41) is 8.85. The molecule has 4 heteroatoms. The van der Waals surface area contributed by atoms with Crippen LogP contribution in [0, 0.1) is 0 Å². The van der Waals surface area contributed by atoms with E-state index in [1.807, 2.05) is 12.3 Å². The van der Waals surface area contributed by atoms with E-state index in [4.69, 9.17) is 0 Å². The number of ketones is 1. The molecule has 1 saturated heterocycles. The zero-order chi connectivity index (χ0) is 22.4. The summed E-state index contributed by atoms with van der Waals surface area (Å²) in [6.07, 6.45) is 18.4. The first-order valence-corrected chi connectivity index (χ1v) is 14.4. The van der Waals surface area contributed by atoms with E-state index < -0.39 is 0 Å². The van der Waals surface area contributed by atoms with Crippen molar-refractivity contribution in [3.8, 4) is 0 Å². The summed E-state index contributed by atoms with van der Waals surface area (Å²) >= 11 is 3.53. The van der Waals surface area contributed by atoms with E-state index in [1.165, 1.54) is 68.1 Å². The molecular weight excluding hydrogens is 430 g/mol. The maximum absolute atomic E-state index is 12.3. The molecule has 32 heavy (non-hydrogen) atoms. The quantitative estimate of drug-likeness (QED) is 0.204. The molecule has 0 aromatic carbocycles. The van der Waals surface area contributed by atoms with Gasteiger partial charge in [0.2, 0.25) is 0 Å². The molecule has 0 saturated carbocycles. The number of likely N-dealkylation sites (tertiary alicyclic amines) is 1. The Morgan fingerprint density at radius 1 is 0.875 bits per heavy atom. The molecule has 0 spiro atoms. The molecule has 1 aliphatic rings. The number of allylic oxidation sites excluding steroid dienone is 1. The minimum atomic E-state index is 0.284. The molecule has 2 nitrogen and oxygen atoms in total. The Bertz CT molecular complexity index is 787. The molecule has 1 fully saturated rings. The number of rotatable bonds is 14. The van der Waals surface area contributed by atoms with E-state index >= 15 is 0 Å². The van der Waals surface area contributed by atoms with Crippen molar-refractivity contribution in [1.82, 2.24) is 4.90 Å². The van der Waals surface area contributed by atoms with Crippen LogP contribution in [0.4, 0.5) is 0 Å². The molecule has 1 aliphatic heterocycles. The van der Waals surface area contributed by atoms with E-state index in [-0.39, 0.29) is 5.78 Å². The third-order valence-electron chi connectivity index (χ3n) is 6.37. The highest BCUT2D eigenvalue weighted by Crippen LogP contribution is 2.34. The fourth-order valence-electron chi connectivity index (χ4n) is 4.46. The second-order valence-electron chi connectivity index (χ2n) is 8.90. The molecule has 3 heterocycles. The smallest absolute Gasteiger partial charge is 0.157 e. The van der Waals surface area contributed by atoms with Crippen molar-refractivity contribution < 1.29 is 4.79 Å². The Hall–Kier alpha value is -1.65. The van der Waals surface area contributed by atoms with Crippen LogP contribution in [-0.4, -0.2) is 23.8 Å². The van der Waals surface area contributed by atoms with Gasteiger partial charge < -0.3 is 4.90 Å². The summed E-state index contributed by atoms with van der Waals surface area (Å²) in [6.45, 7) is 4.25. The lowest BCUT2D eigenvalue weighted by atomic mass is 9.91. The van der Waals surface area contributed by atoms with E-state index in [0.717, 1.165) is 32.4 Å². The van der Waals surface area contributed by atoms with Crippen molar-refractivity contribution in [3.63, 3.8) is 0 Å². The highest BCUT2D eigenvalue weighted by Gasteiger charge is 2.18. The molecule has 0 amide bonds. The van der Waals surface area contributed by atoms with Gasteiger partial charge in [-0.2, -0.15) is 22.7 Å². The van der Waals surface area contributed by atoms with Crippen LogP contribution in [0.15, 0.2) is 51.5 Å². The lowest BCUT2D eigenvalue weighted by Crippen LogP contribution is -2.26. The molecule has 0 N–H and O–H groups in total. The first-order valence-electron chi connectivity index (χ1n) is 12.5. The molecule has 0 bridgehead atoms. The van der Waals surface area contributed by atoms with Gasteiger partial charge in [-0.3, -0.25) is 4.79 Å². The number of thiophene rings is 2. The first-order chi connectivity index (χ1) is 15.8. The van der Waals surface area contributed by atoms with Crippen molar-refractivity contribution >= 4 is 34.0 Å². The van der Waals surface area contributed by atoms with E-state index in [0.29, 0.717) is 6.42 Å². The Labute approximate surface area is 203 Å². The summed E-state index contributed by atoms with van der Waals surface area (Å²) in [4.78, 5) is 14.6. The number of unbranched alkanes of at least 4 members (excludes halogenated alkanes) is 8. The van der Waals surface area contributed by atoms with E-state index in [2.05, 4.69) is 45.5 Å². The van der Waals surface area contributed by atoms with Crippen LogP contribution in [0.25, 0.3) is 5.57 Å². The van der Waals surface area contributed by atoms with Gasteiger partial charge in [-0.1, -0.05) is 63.9 Å². The van der Waals surface area contributed by atoms with Crippen LogP contribution in [0.3, 0.4) is 0 Å². The highest BCUT2D eigenvalue weighted by molar-refractivity contribution is 7.08. The predicted molar refractivity (Wildman–Crippen MR) is 141 cm³/mol. The van der Waals surface area contributed by atoms with Crippen molar-refractivity contribution in [2.75, 3.05) is 13.1 Å². The minimum Gasteiger partial charge on any atom is -0.377 e. The lowest BCUT2D eigenvalue weighted by molar-refractivity contribution is -0.114. The van der Waals surface area contributed by atoms with Crippen molar-refractivity contribution in [2.24, 2.45) is 0 Å². The number of carbonyl (C=O) groups excluding carboxylic acids is 1. The molecule has 0 aliphatic carbocycles. The summed E-state index contributed by atoms with van der Waals surface area (Å²) in [5.41, 5.74) is 5.68. The third kappa shape index (κ3) is 8.37. The lowest BCUT2D eigenvalue weighted by Gasteiger charge is -2.28. The molecule has 0 unspecified atom stereocenters. The second kappa shape index (κ2) is 14.5. The van der Waals surface area contributed by atoms with Gasteiger partial charge in [0, 0.05) is 25.7 Å². The Kier molecular flexibility index (Phi) is 11.3. The zero-order valence-electron chi connectivity index (χ0n) is 19.7. The number of nitrogens with zero attached hydrogens (tertiary/aromatic N) is 1. The van der Waals surface area contributed by atoms with Crippen LogP contribution in [0.1, 0.15) is 95.1 Å². The van der Waals surface area contributed by atoms with Gasteiger partial charge in [0.05, 0.1) is 0 Å². The van der Waals surface area contributed by atoms with Gasteiger partial charge in [0.15, 0.2) is 5.78 Å². The molecule has 3 rings (SSSR count). The van der Waals surface area contributed by atoms with Crippen LogP contribution in [0.5, 0.6) is 0 Å². The standard InChI is InChI=1S/C28H39NOS2/c1-2-3-4-5-6-7-8-9-10-11-27(30)14-19-29-17-12-24(13-18-29)28(25-15-20-31-22-25)26-16-21-32-23-26/h14-16,19-23H,2-13,17-18H2,1H3/b19-14+. The van der Waals surface area contributed by atoms with Crippen molar-refractivity contribution in [2.45, 2.75) is 84.0 Å². The van der Waals surface area contributed by atoms with Crippen LogP contribution in [0.2, 0.25) is 0 Å². The summed E-state index contributed by atoms with van der Waals surface area (Å²) in [5.74, 6) is 0.284. The molecule has 0 radical (unpaired) electrons. The first kappa shape index (κ1) is 25.0. The molecule has 2 aromatic heterocycles. The van der Waals surface area contributed by atoms with Crippen LogP contribution >= 0.6 is 22.7 Å². The highest BCUT2D eigenvalue weighted by atomic mass is 32.1. The van der Waals surface area contributed by atoms with E-state index in [1.54, 1.807) is 28.2 Å². The number of hydrogen-bond donors (Lipinski definition) is 0. The van der Waals surface area contributed by atoms with Gasteiger partial charge in [-0.15, -0.1) is 0 Å². The normalized spacial score (nSPS) is 14.4. The molecular formula is C28H39NOS2. The zero-order valence-corrected chi connectivity index (χ0v) is 21.3. The average Bonchev–Trinajstić information content (AvgIpc) is 3.53. The SMILES string of the molecule is CCCCCCCCCCCC(=O)/C=C/N1CCC(=C(c2ccsc2)c2ccsc2)CC1. The Morgan fingerprint density at radius 2 is 1.44 bits per heavy atom. The fraction of sp³-hybridized carbons (Fsp3) is 0.536. The summed E-state index contributed by atoms with van der Waals surface area (Å²) in [7, 11) is 0. The largest absolute Gasteiger partial charge is 0.377 e. The second-order valence-corrected chi connectivity index (χ2v) is 10.5. The van der Waals surface area contributed by atoms with Crippen molar-refractivity contribution in [1.29, 1.82) is 0 Å². The van der Waals surface area contributed by atoms with E-state index in [9.17, 15) is 4.79 Å². The summed E-state index contributed by atoms with van der Waals surface area (Å²) in [6, 6.07) is 4.48. The van der Waals surface area contributed by atoms with Gasteiger partial charge in [0.25, 0.3) is 0 Å². The van der Waals surface area contributed by atoms with Crippen LogP contribution in [-0.2, 0) is 4.79 Å². The minimum absolute atomic E-state index is 0.284. The predicted octanol–water partition coefficient (Wildman–Crippen LogP) is 8.71. The van der Waals surface area contributed by atoms with Crippen molar-refractivity contribution in [3.05, 3.63) is 62.6 Å². The number of carbonyl (C=O) groups is 1. The molecule has 0 atom stereocenters. The Balaban J connectivity index is 1.37. The topological polar surface area (TPSA) is 20.3 Å². The molecule has 174 valence electrons. The van der Waals surface area contributed by atoms with Gasteiger partial charge in [-0.05, 0) is 75.7 Å². The summed E-state index contributed by atoms with van der Waals surface area (Å²) < 4.78 is 0. The monoisotopic (exact) mass is 469 g/mol.